The van der Waals surface area contributed by atoms with Crippen molar-refractivity contribution in [1.29, 1.82) is 0 Å². The summed E-state index contributed by atoms with van der Waals surface area (Å²) in [6, 6.07) is 10.7. The molecule has 5 heteroatoms. The zero-order valence-electron chi connectivity index (χ0n) is 10.7. The van der Waals surface area contributed by atoms with Crippen molar-refractivity contribution >= 4 is 40.9 Å². The van der Waals surface area contributed by atoms with Crippen LogP contribution in [0.1, 0.15) is 21.5 Å². The molecular weight excluding hydrogens is 315 g/mol. The molecular formula is C15H12Cl2O2S. The Labute approximate surface area is 131 Å². The lowest BCUT2D eigenvalue weighted by atomic mass is 10.1. The number of aryl methyl sites for hydroxylation is 1. The molecule has 0 amide bonds. The molecule has 20 heavy (non-hydrogen) atoms. The summed E-state index contributed by atoms with van der Waals surface area (Å²) < 4.78 is 0. The van der Waals surface area contributed by atoms with E-state index in [4.69, 9.17) is 28.3 Å². The summed E-state index contributed by atoms with van der Waals surface area (Å²) in [5, 5.41) is 10.0. The average molecular weight is 327 g/mol. The molecule has 0 unspecified atom stereocenters. The van der Waals surface area contributed by atoms with Crippen LogP contribution in [0.25, 0.3) is 0 Å². The molecule has 0 heterocycles. The van der Waals surface area contributed by atoms with Crippen LogP contribution in [-0.2, 0) is 5.75 Å². The number of thioether (sulfide) groups is 1. The van der Waals surface area contributed by atoms with Crippen molar-refractivity contribution in [1.82, 2.24) is 0 Å². The molecule has 2 aromatic rings. The van der Waals surface area contributed by atoms with Gasteiger partial charge in [-0.05, 0) is 48.4 Å². The Balaban J connectivity index is 2.10. The Hall–Kier alpha value is -1.16. The first-order valence-corrected chi connectivity index (χ1v) is 7.62. The molecule has 2 rings (SSSR count). The first-order chi connectivity index (χ1) is 9.47. The zero-order valence-corrected chi connectivity index (χ0v) is 13.0. The average Bonchev–Trinajstić information content (AvgIpc) is 2.41. The van der Waals surface area contributed by atoms with Crippen LogP contribution in [0, 0.1) is 6.92 Å². The molecule has 2 nitrogen and oxygen atoms in total. The SMILES string of the molecule is Cc1cc(C(=O)O)ccc1CSc1ccc(Cl)c(Cl)c1. The van der Waals surface area contributed by atoms with Crippen LogP contribution in [0.4, 0.5) is 0 Å². The standard InChI is InChI=1S/C15H12Cl2O2S/c1-9-6-10(15(18)19)2-3-11(9)8-20-12-4-5-13(16)14(17)7-12/h2-7H,8H2,1H3,(H,18,19). The van der Waals surface area contributed by atoms with Gasteiger partial charge in [0.25, 0.3) is 0 Å². The first-order valence-electron chi connectivity index (χ1n) is 5.88. The van der Waals surface area contributed by atoms with Gasteiger partial charge < -0.3 is 5.11 Å². The molecule has 2 aromatic carbocycles. The Morgan fingerprint density at radius 2 is 1.90 bits per heavy atom. The fourth-order valence-electron chi connectivity index (χ4n) is 1.72. The maximum absolute atomic E-state index is 10.9. The highest BCUT2D eigenvalue weighted by molar-refractivity contribution is 7.98. The summed E-state index contributed by atoms with van der Waals surface area (Å²) in [7, 11) is 0. The van der Waals surface area contributed by atoms with Crippen LogP contribution < -0.4 is 0 Å². The lowest BCUT2D eigenvalue weighted by molar-refractivity contribution is 0.0697. The number of hydrogen-bond donors (Lipinski definition) is 1. The molecule has 0 aromatic heterocycles. The van der Waals surface area contributed by atoms with E-state index < -0.39 is 5.97 Å². The topological polar surface area (TPSA) is 37.3 Å². The lowest BCUT2D eigenvalue weighted by Gasteiger charge is -2.07. The second kappa shape index (κ2) is 6.53. The highest BCUT2D eigenvalue weighted by atomic mass is 35.5. The molecule has 0 aliphatic carbocycles. The van der Waals surface area contributed by atoms with Crippen molar-refractivity contribution in [2.24, 2.45) is 0 Å². The maximum atomic E-state index is 10.9. The highest BCUT2D eigenvalue weighted by Gasteiger charge is 2.07. The summed E-state index contributed by atoms with van der Waals surface area (Å²) in [4.78, 5) is 11.9. The van der Waals surface area contributed by atoms with Crippen molar-refractivity contribution < 1.29 is 9.90 Å². The van der Waals surface area contributed by atoms with E-state index in [9.17, 15) is 4.79 Å². The molecule has 1 N–H and O–H groups in total. The number of benzene rings is 2. The third-order valence-corrected chi connectivity index (χ3v) is 4.66. The normalized spacial score (nSPS) is 10.6. The van der Waals surface area contributed by atoms with Crippen LogP contribution >= 0.6 is 35.0 Å². The number of aromatic carboxylic acids is 1. The fraction of sp³-hybridized carbons (Fsp3) is 0.133. The number of halogens is 2. The fourth-order valence-corrected chi connectivity index (χ4v) is 3.09. The molecule has 0 radical (unpaired) electrons. The largest absolute Gasteiger partial charge is 0.478 e. The number of carbonyl (C=O) groups is 1. The van der Waals surface area contributed by atoms with Crippen LogP contribution in [0.5, 0.6) is 0 Å². The third-order valence-electron chi connectivity index (χ3n) is 2.87. The first kappa shape index (κ1) is 15.2. The van der Waals surface area contributed by atoms with Crippen molar-refractivity contribution in [2.75, 3.05) is 0 Å². The summed E-state index contributed by atoms with van der Waals surface area (Å²) in [6.07, 6.45) is 0. The minimum atomic E-state index is -0.906. The predicted octanol–water partition coefficient (Wildman–Crippen LogP) is 5.29. The van der Waals surface area contributed by atoms with E-state index in [1.807, 2.05) is 25.1 Å². The van der Waals surface area contributed by atoms with E-state index in [1.165, 1.54) is 0 Å². The number of rotatable bonds is 4. The van der Waals surface area contributed by atoms with E-state index in [0.717, 1.165) is 21.8 Å². The predicted molar refractivity (Wildman–Crippen MR) is 84.2 cm³/mol. The minimum absolute atomic E-state index is 0.311. The Kier molecular flexibility index (Phi) is 4.97. The van der Waals surface area contributed by atoms with Gasteiger partial charge in [0.05, 0.1) is 15.6 Å². The van der Waals surface area contributed by atoms with E-state index in [2.05, 4.69) is 0 Å². The molecule has 0 spiro atoms. The molecule has 104 valence electrons. The molecule has 0 saturated heterocycles. The van der Waals surface area contributed by atoms with Gasteiger partial charge in [-0.3, -0.25) is 0 Å². The second-order valence-corrected chi connectivity index (χ2v) is 6.17. The van der Waals surface area contributed by atoms with Crippen molar-refractivity contribution in [2.45, 2.75) is 17.6 Å². The van der Waals surface area contributed by atoms with Gasteiger partial charge in [0.15, 0.2) is 0 Å². The third kappa shape index (κ3) is 3.69. The van der Waals surface area contributed by atoms with Gasteiger partial charge in [0.2, 0.25) is 0 Å². The van der Waals surface area contributed by atoms with E-state index in [1.54, 1.807) is 30.0 Å². The molecule has 0 bridgehead atoms. The van der Waals surface area contributed by atoms with Gasteiger partial charge >= 0.3 is 5.97 Å². The van der Waals surface area contributed by atoms with Gasteiger partial charge in [-0.2, -0.15) is 0 Å². The highest BCUT2D eigenvalue weighted by Crippen LogP contribution is 2.30. The van der Waals surface area contributed by atoms with E-state index in [0.29, 0.717) is 15.6 Å². The van der Waals surface area contributed by atoms with Crippen LogP contribution in [0.2, 0.25) is 10.0 Å². The van der Waals surface area contributed by atoms with Crippen LogP contribution in [0.3, 0.4) is 0 Å². The van der Waals surface area contributed by atoms with E-state index in [-0.39, 0.29) is 0 Å². The lowest BCUT2D eigenvalue weighted by Crippen LogP contribution is -1.98. The van der Waals surface area contributed by atoms with Gasteiger partial charge in [0, 0.05) is 10.6 Å². The number of carboxylic acids is 1. The molecule has 0 saturated carbocycles. The van der Waals surface area contributed by atoms with Crippen molar-refractivity contribution in [3.05, 3.63) is 63.1 Å². The quantitative estimate of drug-likeness (QED) is 0.775. The summed E-state index contributed by atoms with van der Waals surface area (Å²) in [5.74, 6) is -0.152. The summed E-state index contributed by atoms with van der Waals surface area (Å²) >= 11 is 13.5. The minimum Gasteiger partial charge on any atom is -0.478 e. The number of hydrogen-bond acceptors (Lipinski definition) is 2. The van der Waals surface area contributed by atoms with Gasteiger partial charge in [-0.15, -0.1) is 11.8 Å². The molecule has 0 aliphatic heterocycles. The van der Waals surface area contributed by atoms with Gasteiger partial charge in [0.1, 0.15) is 0 Å². The van der Waals surface area contributed by atoms with Crippen LogP contribution in [-0.4, -0.2) is 11.1 Å². The molecule has 0 fully saturated rings. The maximum Gasteiger partial charge on any atom is 0.335 e. The molecule has 0 aliphatic rings. The Bertz CT molecular complexity index is 656. The van der Waals surface area contributed by atoms with Crippen molar-refractivity contribution in [3.63, 3.8) is 0 Å². The number of carboxylic acid groups (broad SMARTS) is 1. The summed E-state index contributed by atoms with van der Waals surface area (Å²) in [5.41, 5.74) is 2.38. The monoisotopic (exact) mass is 326 g/mol. The van der Waals surface area contributed by atoms with Crippen molar-refractivity contribution in [3.8, 4) is 0 Å². The molecule has 0 atom stereocenters. The van der Waals surface area contributed by atoms with Crippen LogP contribution in [0.15, 0.2) is 41.3 Å². The zero-order chi connectivity index (χ0) is 14.7. The van der Waals surface area contributed by atoms with Gasteiger partial charge in [-0.1, -0.05) is 29.3 Å². The van der Waals surface area contributed by atoms with E-state index >= 15 is 0 Å². The second-order valence-electron chi connectivity index (χ2n) is 4.31. The Morgan fingerprint density at radius 3 is 2.50 bits per heavy atom. The Morgan fingerprint density at radius 1 is 1.15 bits per heavy atom. The summed E-state index contributed by atoms with van der Waals surface area (Å²) in [6.45, 7) is 1.91. The van der Waals surface area contributed by atoms with Gasteiger partial charge in [-0.25, -0.2) is 4.79 Å². The smallest absolute Gasteiger partial charge is 0.335 e.